The second kappa shape index (κ2) is 6.89. The monoisotopic (exact) mass is 292 g/mol. The summed E-state index contributed by atoms with van der Waals surface area (Å²) >= 11 is 0. The molecular formula is C18H29FN2. The summed E-state index contributed by atoms with van der Waals surface area (Å²) in [5, 5.41) is 3.70. The molecule has 1 aromatic carbocycles. The first-order valence-corrected chi connectivity index (χ1v) is 8.21. The van der Waals surface area contributed by atoms with E-state index in [0.29, 0.717) is 6.04 Å². The van der Waals surface area contributed by atoms with Gasteiger partial charge >= 0.3 is 0 Å². The molecule has 0 saturated carbocycles. The van der Waals surface area contributed by atoms with Crippen molar-refractivity contribution in [3.8, 4) is 0 Å². The number of hydrogen-bond acceptors (Lipinski definition) is 2. The molecule has 0 bridgehead atoms. The minimum atomic E-state index is -0.136. The lowest BCUT2D eigenvalue weighted by Gasteiger charge is -2.46. The van der Waals surface area contributed by atoms with E-state index >= 15 is 0 Å². The van der Waals surface area contributed by atoms with Gasteiger partial charge in [0.2, 0.25) is 0 Å². The number of rotatable bonds is 5. The van der Waals surface area contributed by atoms with Gasteiger partial charge < -0.3 is 5.32 Å². The Morgan fingerprint density at radius 3 is 2.76 bits per heavy atom. The van der Waals surface area contributed by atoms with E-state index in [9.17, 15) is 4.39 Å². The van der Waals surface area contributed by atoms with Crippen molar-refractivity contribution in [3.63, 3.8) is 0 Å². The number of halogens is 1. The van der Waals surface area contributed by atoms with Gasteiger partial charge in [-0.2, -0.15) is 0 Å². The molecule has 2 atom stereocenters. The maximum absolute atomic E-state index is 13.2. The fourth-order valence-corrected chi connectivity index (χ4v) is 3.23. The smallest absolute Gasteiger partial charge is 0.123 e. The van der Waals surface area contributed by atoms with E-state index in [1.54, 1.807) is 12.1 Å². The van der Waals surface area contributed by atoms with Gasteiger partial charge in [0.15, 0.2) is 0 Å². The summed E-state index contributed by atoms with van der Waals surface area (Å²) in [6.45, 7) is 12.1. The predicted octanol–water partition coefficient (Wildman–Crippen LogP) is 3.53. The zero-order chi connectivity index (χ0) is 15.5. The molecule has 1 saturated heterocycles. The Bertz CT molecular complexity index is 474. The molecule has 0 amide bonds. The quantitative estimate of drug-likeness (QED) is 0.893. The van der Waals surface area contributed by atoms with Gasteiger partial charge in [0.05, 0.1) is 0 Å². The van der Waals surface area contributed by atoms with Crippen LogP contribution in [0.3, 0.4) is 0 Å². The molecule has 1 fully saturated rings. The fraction of sp³-hybridized carbons (Fsp3) is 0.667. The van der Waals surface area contributed by atoms with Gasteiger partial charge in [-0.15, -0.1) is 0 Å². The fourth-order valence-electron chi connectivity index (χ4n) is 3.23. The SMILES string of the molecule is CCC1CNC(C)(CC)CN1CCc1ccc(F)cc1C. The lowest BCUT2D eigenvalue weighted by atomic mass is 9.92. The first kappa shape index (κ1) is 16.4. The van der Waals surface area contributed by atoms with Gasteiger partial charge in [-0.25, -0.2) is 4.39 Å². The molecule has 118 valence electrons. The van der Waals surface area contributed by atoms with E-state index in [4.69, 9.17) is 0 Å². The zero-order valence-corrected chi connectivity index (χ0v) is 13.9. The predicted molar refractivity (Wildman–Crippen MR) is 87.2 cm³/mol. The summed E-state index contributed by atoms with van der Waals surface area (Å²) in [6.07, 6.45) is 3.33. The van der Waals surface area contributed by atoms with Gasteiger partial charge in [-0.1, -0.05) is 19.9 Å². The Morgan fingerprint density at radius 1 is 1.38 bits per heavy atom. The third-order valence-electron chi connectivity index (χ3n) is 5.06. The summed E-state index contributed by atoms with van der Waals surface area (Å²) < 4.78 is 13.2. The Morgan fingerprint density at radius 2 is 2.14 bits per heavy atom. The van der Waals surface area contributed by atoms with Crippen molar-refractivity contribution in [2.45, 2.75) is 58.5 Å². The van der Waals surface area contributed by atoms with Crippen molar-refractivity contribution in [1.29, 1.82) is 0 Å². The van der Waals surface area contributed by atoms with Crippen LogP contribution in [-0.2, 0) is 6.42 Å². The van der Waals surface area contributed by atoms with Crippen LogP contribution in [0.5, 0.6) is 0 Å². The number of nitrogens with zero attached hydrogens (tertiary/aromatic N) is 1. The topological polar surface area (TPSA) is 15.3 Å². The molecule has 1 heterocycles. The van der Waals surface area contributed by atoms with E-state index in [0.717, 1.165) is 38.0 Å². The Hall–Kier alpha value is -0.930. The molecule has 2 rings (SSSR count). The lowest BCUT2D eigenvalue weighted by Crippen LogP contribution is -2.62. The number of benzene rings is 1. The average molecular weight is 292 g/mol. The lowest BCUT2D eigenvalue weighted by molar-refractivity contribution is 0.0832. The highest BCUT2D eigenvalue weighted by Gasteiger charge is 2.33. The summed E-state index contributed by atoms with van der Waals surface area (Å²) in [5.74, 6) is -0.136. The maximum Gasteiger partial charge on any atom is 0.123 e. The largest absolute Gasteiger partial charge is 0.309 e. The van der Waals surface area contributed by atoms with Crippen LogP contribution in [0, 0.1) is 12.7 Å². The first-order chi connectivity index (χ1) is 9.97. The van der Waals surface area contributed by atoms with Crippen LogP contribution >= 0.6 is 0 Å². The Balaban J connectivity index is 2.01. The summed E-state index contributed by atoms with van der Waals surface area (Å²) in [5.41, 5.74) is 2.56. The van der Waals surface area contributed by atoms with Crippen LogP contribution in [-0.4, -0.2) is 36.1 Å². The molecule has 1 aromatic rings. The normalized spacial score (nSPS) is 27.0. The van der Waals surface area contributed by atoms with Gasteiger partial charge in [-0.3, -0.25) is 4.90 Å². The van der Waals surface area contributed by atoms with E-state index < -0.39 is 0 Å². The summed E-state index contributed by atoms with van der Waals surface area (Å²) in [7, 11) is 0. The Labute approximate surface area is 128 Å². The highest BCUT2D eigenvalue weighted by Crippen LogP contribution is 2.21. The average Bonchev–Trinajstić information content (AvgIpc) is 2.46. The van der Waals surface area contributed by atoms with E-state index in [2.05, 4.69) is 31.0 Å². The van der Waals surface area contributed by atoms with Crippen molar-refractivity contribution >= 4 is 0 Å². The van der Waals surface area contributed by atoms with E-state index in [1.165, 1.54) is 12.0 Å². The molecule has 2 unspecified atom stereocenters. The summed E-state index contributed by atoms with van der Waals surface area (Å²) in [6, 6.07) is 5.77. The first-order valence-electron chi connectivity index (χ1n) is 8.21. The molecule has 2 nitrogen and oxygen atoms in total. The van der Waals surface area contributed by atoms with Crippen LogP contribution in [0.25, 0.3) is 0 Å². The summed E-state index contributed by atoms with van der Waals surface area (Å²) in [4.78, 5) is 2.61. The van der Waals surface area contributed by atoms with E-state index in [-0.39, 0.29) is 11.4 Å². The van der Waals surface area contributed by atoms with Crippen LogP contribution in [0.2, 0.25) is 0 Å². The van der Waals surface area contributed by atoms with E-state index in [1.807, 2.05) is 13.0 Å². The highest BCUT2D eigenvalue weighted by molar-refractivity contribution is 5.26. The molecule has 3 heteroatoms. The van der Waals surface area contributed by atoms with Gasteiger partial charge in [-0.05, 0) is 56.4 Å². The maximum atomic E-state index is 13.2. The minimum absolute atomic E-state index is 0.136. The number of aryl methyl sites for hydroxylation is 1. The Kier molecular flexibility index (Phi) is 5.39. The molecule has 0 radical (unpaired) electrons. The molecular weight excluding hydrogens is 263 g/mol. The minimum Gasteiger partial charge on any atom is -0.309 e. The second-order valence-electron chi connectivity index (χ2n) is 6.65. The molecule has 1 aliphatic heterocycles. The number of piperazine rings is 1. The van der Waals surface area contributed by atoms with Crippen LogP contribution in [0.15, 0.2) is 18.2 Å². The number of hydrogen-bond donors (Lipinski definition) is 1. The van der Waals surface area contributed by atoms with Crippen molar-refractivity contribution in [2.75, 3.05) is 19.6 Å². The molecule has 0 aromatic heterocycles. The van der Waals surface area contributed by atoms with Crippen molar-refractivity contribution in [1.82, 2.24) is 10.2 Å². The standard InChI is InChI=1S/C18H29FN2/c1-5-17-12-20-18(4,6-2)13-21(17)10-9-15-7-8-16(19)11-14(15)3/h7-8,11,17,20H,5-6,9-10,12-13H2,1-4H3. The van der Waals surface area contributed by atoms with Gasteiger partial charge in [0, 0.05) is 31.2 Å². The third kappa shape index (κ3) is 4.04. The van der Waals surface area contributed by atoms with Gasteiger partial charge in [0.25, 0.3) is 0 Å². The van der Waals surface area contributed by atoms with Crippen molar-refractivity contribution in [2.24, 2.45) is 0 Å². The van der Waals surface area contributed by atoms with Crippen molar-refractivity contribution < 1.29 is 4.39 Å². The van der Waals surface area contributed by atoms with Crippen LogP contribution in [0.4, 0.5) is 4.39 Å². The number of nitrogens with one attached hydrogen (secondary N) is 1. The van der Waals surface area contributed by atoms with Crippen LogP contribution in [0.1, 0.15) is 44.7 Å². The molecule has 0 aliphatic carbocycles. The van der Waals surface area contributed by atoms with Crippen molar-refractivity contribution in [3.05, 3.63) is 35.1 Å². The molecule has 1 aliphatic rings. The third-order valence-corrected chi connectivity index (χ3v) is 5.06. The molecule has 21 heavy (non-hydrogen) atoms. The molecule has 1 N–H and O–H groups in total. The molecule has 0 spiro atoms. The second-order valence-corrected chi connectivity index (χ2v) is 6.65. The zero-order valence-electron chi connectivity index (χ0n) is 13.9. The van der Waals surface area contributed by atoms with Gasteiger partial charge in [0.1, 0.15) is 5.82 Å². The van der Waals surface area contributed by atoms with Crippen LogP contribution < -0.4 is 5.32 Å². The highest BCUT2D eigenvalue weighted by atomic mass is 19.1.